The van der Waals surface area contributed by atoms with Gasteiger partial charge in [0.2, 0.25) is 0 Å². The van der Waals surface area contributed by atoms with Crippen molar-refractivity contribution in [3.8, 4) is 0 Å². The number of nitrogens with zero attached hydrogens (tertiary/aromatic N) is 1. The van der Waals surface area contributed by atoms with E-state index in [0.29, 0.717) is 12.2 Å². The van der Waals surface area contributed by atoms with Gasteiger partial charge in [-0.3, -0.25) is 4.90 Å². The zero-order valence-corrected chi connectivity index (χ0v) is 12.4. The Morgan fingerprint density at radius 1 is 1.00 bits per heavy atom. The lowest BCUT2D eigenvalue weighted by Gasteiger charge is -2.25. The molecule has 110 valence electrons. The minimum Gasteiger partial charge on any atom is -0.372 e. The molecule has 3 aliphatic rings. The van der Waals surface area contributed by atoms with Crippen molar-refractivity contribution in [1.82, 2.24) is 10.2 Å². The predicted molar refractivity (Wildman–Crippen MR) is 78.4 cm³/mol. The van der Waals surface area contributed by atoms with Crippen LogP contribution in [0, 0.1) is 5.92 Å². The summed E-state index contributed by atoms with van der Waals surface area (Å²) in [4.78, 5) is 2.74. The van der Waals surface area contributed by atoms with Gasteiger partial charge in [0.25, 0.3) is 0 Å². The third kappa shape index (κ3) is 4.44. The van der Waals surface area contributed by atoms with Crippen molar-refractivity contribution in [3.05, 3.63) is 0 Å². The fourth-order valence-electron chi connectivity index (χ4n) is 3.21. The molecule has 0 aromatic heterocycles. The zero-order valence-electron chi connectivity index (χ0n) is 12.4. The van der Waals surface area contributed by atoms with Gasteiger partial charge in [0.15, 0.2) is 0 Å². The van der Waals surface area contributed by atoms with Gasteiger partial charge in [0, 0.05) is 25.7 Å². The van der Waals surface area contributed by atoms with Crippen LogP contribution in [0.5, 0.6) is 0 Å². The zero-order chi connectivity index (χ0) is 13.1. The molecule has 0 aromatic rings. The molecule has 2 unspecified atom stereocenters. The van der Waals surface area contributed by atoms with Crippen molar-refractivity contribution in [2.24, 2.45) is 5.92 Å². The molecule has 3 nitrogen and oxygen atoms in total. The highest BCUT2D eigenvalue weighted by molar-refractivity contribution is 4.90. The van der Waals surface area contributed by atoms with Gasteiger partial charge in [-0.05, 0) is 57.4 Å². The van der Waals surface area contributed by atoms with Crippen LogP contribution in [-0.2, 0) is 4.74 Å². The number of nitrogens with one attached hydrogen (secondary N) is 1. The molecule has 3 rings (SSSR count). The summed E-state index contributed by atoms with van der Waals surface area (Å²) in [5.41, 5.74) is 0. The minimum absolute atomic E-state index is 0.471. The van der Waals surface area contributed by atoms with Crippen molar-refractivity contribution in [2.45, 2.75) is 70.1 Å². The van der Waals surface area contributed by atoms with Crippen LogP contribution in [0.2, 0.25) is 0 Å². The van der Waals surface area contributed by atoms with Crippen molar-refractivity contribution in [3.63, 3.8) is 0 Å². The molecule has 0 bridgehead atoms. The fourth-order valence-corrected chi connectivity index (χ4v) is 3.21. The molecule has 0 aromatic carbocycles. The first kappa shape index (κ1) is 13.8. The molecule has 3 fully saturated rings. The molecule has 2 saturated carbocycles. The lowest BCUT2D eigenvalue weighted by atomic mass is 10.2. The van der Waals surface area contributed by atoms with E-state index in [2.05, 4.69) is 17.1 Å². The van der Waals surface area contributed by atoms with E-state index >= 15 is 0 Å². The Labute approximate surface area is 118 Å². The quantitative estimate of drug-likeness (QED) is 0.649. The van der Waals surface area contributed by atoms with E-state index in [0.717, 1.165) is 25.0 Å². The largest absolute Gasteiger partial charge is 0.372 e. The van der Waals surface area contributed by atoms with E-state index in [-0.39, 0.29) is 0 Å². The summed E-state index contributed by atoms with van der Waals surface area (Å²) in [7, 11) is 0. The van der Waals surface area contributed by atoms with Crippen LogP contribution < -0.4 is 5.32 Å². The first-order valence-corrected chi connectivity index (χ1v) is 8.45. The van der Waals surface area contributed by atoms with Crippen LogP contribution in [0.1, 0.15) is 51.9 Å². The molecule has 1 heterocycles. The highest BCUT2D eigenvalue weighted by atomic mass is 16.5. The first-order valence-electron chi connectivity index (χ1n) is 8.45. The van der Waals surface area contributed by atoms with Crippen molar-refractivity contribution in [1.29, 1.82) is 0 Å². The second-order valence-corrected chi connectivity index (χ2v) is 6.79. The number of hydrogen-bond acceptors (Lipinski definition) is 3. The lowest BCUT2D eigenvalue weighted by molar-refractivity contribution is 0.0209. The SMILES string of the molecule is CCCNCC1CCC(CN(CC2CC2)C2CC2)O1. The normalized spacial score (nSPS) is 31.3. The van der Waals surface area contributed by atoms with Gasteiger partial charge >= 0.3 is 0 Å². The van der Waals surface area contributed by atoms with Crippen LogP contribution in [0.3, 0.4) is 0 Å². The first-order chi connectivity index (χ1) is 9.35. The molecule has 0 spiro atoms. The van der Waals surface area contributed by atoms with Crippen molar-refractivity contribution >= 4 is 0 Å². The summed E-state index contributed by atoms with van der Waals surface area (Å²) in [6.07, 6.45) is 10.5. The summed E-state index contributed by atoms with van der Waals surface area (Å²) in [5.74, 6) is 1.02. The molecule has 1 saturated heterocycles. The van der Waals surface area contributed by atoms with Crippen molar-refractivity contribution in [2.75, 3.05) is 26.2 Å². The summed E-state index contributed by atoms with van der Waals surface area (Å²) in [6, 6.07) is 0.904. The average molecular weight is 266 g/mol. The highest BCUT2D eigenvalue weighted by Crippen LogP contribution is 2.35. The molecule has 2 atom stereocenters. The van der Waals surface area contributed by atoms with Gasteiger partial charge < -0.3 is 10.1 Å². The molecule has 19 heavy (non-hydrogen) atoms. The second-order valence-electron chi connectivity index (χ2n) is 6.79. The van der Waals surface area contributed by atoms with Gasteiger partial charge in [0.1, 0.15) is 0 Å². The second kappa shape index (κ2) is 6.55. The van der Waals surface area contributed by atoms with Crippen LogP contribution in [-0.4, -0.2) is 49.3 Å². The Morgan fingerprint density at radius 3 is 2.47 bits per heavy atom. The molecular weight excluding hydrogens is 236 g/mol. The smallest absolute Gasteiger partial charge is 0.0707 e. The van der Waals surface area contributed by atoms with Crippen LogP contribution >= 0.6 is 0 Å². The number of hydrogen-bond donors (Lipinski definition) is 1. The van der Waals surface area contributed by atoms with E-state index in [9.17, 15) is 0 Å². The van der Waals surface area contributed by atoms with Gasteiger partial charge in [-0.2, -0.15) is 0 Å². The van der Waals surface area contributed by atoms with Gasteiger partial charge in [-0.25, -0.2) is 0 Å². The van der Waals surface area contributed by atoms with E-state index < -0.39 is 0 Å². The monoisotopic (exact) mass is 266 g/mol. The Balaban J connectivity index is 1.37. The van der Waals surface area contributed by atoms with E-state index in [1.807, 2.05) is 0 Å². The molecule has 1 N–H and O–H groups in total. The summed E-state index contributed by atoms with van der Waals surface area (Å²) in [5, 5.41) is 3.49. The third-order valence-electron chi connectivity index (χ3n) is 4.69. The van der Waals surface area contributed by atoms with Gasteiger partial charge in [0.05, 0.1) is 12.2 Å². The topological polar surface area (TPSA) is 24.5 Å². The molecule has 3 heteroatoms. The van der Waals surface area contributed by atoms with E-state index in [1.165, 1.54) is 58.0 Å². The summed E-state index contributed by atoms with van der Waals surface area (Å²) in [6.45, 7) is 6.95. The molecule has 0 radical (unpaired) electrons. The molecule has 0 amide bonds. The maximum absolute atomic E-state index is 6.21. The van der Waals surface area contributed by atoms with Crippen LogP contribution in [0.25, 0.3) is 0 Å². The molecule has 2 aliphatic carbocycles. The van der Waals surface area contributed by atoms with Crippen LogP contribution in [0.4, 0.5) is 0 Å². The Morgan fingerprint density at radius 2 is 1.79 bits per heavy atom. The maximum atomic E-state index is 6.21. The Bertz CT molecular complexity index is 276. The Kier molecular flexibility index (Phi) is 4.78. The average Bonchev–Trinajstić information content (AvgIpc) is 3.30. The highest BCUT2D eigenvalue weighted by Gasteiger charge is 2.36. The lowest BCUT2D eigenvalue weighted by Crippen LogP contribution is -2.36. The third-order valence-corrected chi connectivity index (χ3v) is 4.69. The Hall–Kier alpha value is -0.120. The van der Waals surface area contributed by atoms with Crippen LogP contribution in [0.15, 0.2) is 0 Å². The predicted octanol–water partition coefficient (Wildman–Crippen LogP) is 2.41. The van der Waals surface area contributed by atoms with Crippen molar-refractivity contribution < 1.29 is 4.74 Å². The number of ether oxygens (including phenoxy) is 1. The van der Waals surface area contributed by atoms with Gasteiger partial charge in [-0.1, -0.05) is 6.92 Å². The van der Waals surface area contributed by atoms with E-state index in [4.69, 9.17) is 4.74 Å². The van der Waals surface area contributed by atoms with E-state index in [1.54, 1.807) is 0 Å². The maximum Gasteiger partial charge on any atom is 0.0707 e. The number of rotatable bonds is 9. The molecule has 1 aliphatic heterocycles. The fraction of sp³-hybridized carbons (Fsp3) is 1.00. The van der Waals surface area contributed by atoms with Gasteiger partial charge in [-0.15, -0.1) is 0 Å². The minimum atomic E-state index is 0.471. The molecular formula is C16H30N2O. The standard InChI is InChI=1S/C16H30N2O/c1-2-9-17-10-15-7-8-16(19-15)12-18(14-5-6-14)11-13-3-4-13/h13-17H,2-12H2,1H3. The summed E-state index contributed by atoms with van der Waals surface area (Å²) >= 11 is 0. The summed E-state index contributed by atoms with van der Waals surface area (Å²) < 4.78 is 6.21.